The summed E-state index contributed by atoms with van der Waals surface area (Å²) in [5, 5.41) is 3.97. The Morgan fingerprint density at radius 2 is 2.00 bits per heavy atom. The summed E-state index contributed by atoms with van der Waals surface area (Å²) in [6.07, 6.45) is 0. The number of halogens is 1. The van der Waals surface area contributed by atoms with E-state index in [-0.39, 0.29) is 0 Å². The van der Waals surface area contributed by atoms with Crippen LogP contribution in [-0.4, -0.2) is 32.2 Å². The number of urea groups is 1. The molecule has 0 aromatic rings. The first-order valence-electron chi connectivity index (χ1n) is 2.92. The standard InChI is InChI=1S/C4H5ClN2O4S/c5-12(10,11)1-2-3(8)7-4(9)6-2/h2H,1H2,(H2,6,7,8,9). The summed E-state index contributed by atoms with van der Waals surface area (Å²) < 4.78 is 20.9. The lowest BCUT2D eigenvalue weighted by Crippen LogP contribution is -2.34. The maximum Gasteiger partial charge on any atom is 0.322 e. The van der Waals surface area contributed by atoms with Gasteiger partial charge in [-0.1, -0.05) is 0 Å². The van der Waals surface area contributed by atoms with E-state index in [0.29, 0.717) is 0 Å². The SMILES string of the molecule is O=C1NC(=O)C(CS(=O)(=O)Cl)N1. The number of imide groups is 1. The molecule has 12 heavy (non-hydrogen) atoms. The highest BCUT2D eigenvalue weighted by Crippen LogP contribution is 2.02. The minimum atomic E-state index is -3.77. The highest BCUT2D eigenvalue weighted by Gasteiger charge is 2.32. The van der Waals surface area contributed by atoms with Crippen molar-refractivity contribution in [2.75, 3.05) is 5.75 Å². The maximum absolute atomic E-state index is 10.7. The van der Waals surface area contributed by atoms with Crippen molar-refractivity contribution in [3.63, 3.8) is 0 Å². The van der Waals surface area contributed by atoms with Crippen molar-refractivity contribution in [3.8, 4) is 0 Å². The van der Waals surface area contributed by atoms with Crippen LogP contribution in [0.5, 0.6) is 0 Å². The number of carbonyl (C=O) groups is 2. The van der Waals surface area contributed by atoms with Gasteiger partial charge in [0.15, 0.2) is 0 Å². The monoisotopic (exact) mass is 212 g/mol. The van der Waals surface area contributed by atoms with Crippen LogP contribution in [0.2, 0.25) is 0 Å². The molecule has 6 nitrogen and oxygen atoms in total. The average Bonchev–Trinajstić information content (AvgIpc) is 2.06. The average molecular weight is 213 g/mol. The van der Waals surface area contributed by atoms with Crippen molar-refractivity contribution in [1.82, 2.24) is 10.6 Å². The van der Waals surface area contributed by atoms with E-state index < -0.39 is 32.8 Å². The molecule has 1 heterocycles. The predicted octanol–water partition coefficient (Wildman–Crippen LogP) is -1.24. The van der Waals surface area contributed by atoms with Gasteiger partial charge in [0.1, 0.15) is 6.04 Å². The van der Waals surface area contributed by atoms with Crippen molar-refractivity contribution in [1.29, 1.82) is 0 Å². The summed E-state index contributed by atoms with van der Waals surface area (Å²) in [6, 6.07) is -1.77. The van der Waals surface area contributed by atoms with E-state index in [4.69, 9.17) is 10.7 Å². The molecule has 1 unspecified atom stereocenters. The molecule has 2 N–H and O–H groups in total. The number of hydrogen-bond acceptors (Lipinski definition) is 4. The molecule has 0 aromatic heterocycles. The fraction of sp³-hybridized carbons (Fsp3) is 0.500. The molecule has 1 aliphatic rings. The lowest BCUT2D eigenvalue weighted by Gasteiger charge is -2.01. The Morgan fingerprint density at radius 1 is 1.42 bits per heavy atom. The van der Waals surface area contributed by atoms with Crippen molar-refractivity contribution in [2.45, 2.75) is 6.04 Å². The van der Waals surface area contributed by atoms with Crippen molar-refractivity contribution >= 4 is 31.7 Å². The molecular formula is C4H5ClN2O4S. The van der Waals surface area contributed by atoms with Crippen LogP contribution in [-0.2, 0) is 13.8 Å². The highest BCUT2D eigenvalue weighted by atomic mass is 35.7. The van der Waals surface area contributed by atoms with Gasteiger partial charge in [-0.3, -0.25) is 10.1 Å². The summed E-state index contributed by atoms with van der Waals surface area (Å²) in [4.78, 5) is 21.2. The van der Waals surface area contributed by atoms with Crippen LogP contribution >= 0.6 is 10.7 Å². The second-order valence-corrected chi connectivity index (χ2v) is 5.04. The molecule has 1 saturated heterocycles. The Hall–Kier alpha value is -0.820. The molecule has 1 aliphatic heterocycles. The lowest BCUT2D eigenvalue weighted by atomic mass is 10.3. The van der Waals surface area contributed by atoms with Gasteiger partial charge in [-0.05, 0) is 0 Å². The van der Waals surface area contributed by atoms with Crippen molar-refractivity contribution in [3.05, 3.63) is 0 Å². The molecule has 0 radical (unpaired) electrons. The molecule has 0 aliphatic carbocycles. The van der Waals surface area contributed by atoms with Gasteiger partial charge in [-0.2, -0.15) is 0 Å². The van der Waals surface area contributed by atoms with Crippen LogP contribution in [0.15, 0.2) is 0 Å². The Bertz CT molecular complexity index is 324. The van der Waals surface area contributed by atoms with Crippen molar-refractivity contribution in [2.24, 2.45) is 0 Å². The van der Waals surface area contributed by atoms with E-state index in [0.717, 1.165) is 0 Å². The Morgan fingerprint density at radius 3 is 2.33 bits per heavy atom. The molecule has 8 heteroatoms. The number of hydrogen-bond donors (Lipinski definition) is 2. The number of amides is 3. The van der Waals surface area contributed by atoms with Crippen LogP contribution < -0.4 is 10.6 Å². The molecule has 1 rings (SSSR count). The summed E-state index contributed by atoms with van der Waals surface area (Å²) in [6.45, 7) is 0. The van der Waals surface area contributed by atoms with Gasteiger partial charge in [0.05, 0.1) is 5.75 Å². The van der Waals surface area contributed by atoms with E-state index in [2.05, 4.69) is 5.32 Å². The number of rotatable bonds is 2. The van der Waals surface area contributed by atoms with E-state index in [1.54, 1.807) is 0 Å². The van der Waals surface area contributed by atoms with E-state index in [1.165, 1.54) is 0 Å². The molecule has 68 valence electrons. The summed E-state index contributed by atoms with van der Waals surface area (Å²) in [5.41, 5.74) is 0. The van der Waals surface area contributed by atoms with Gasteiger partial charge >= 0.3 is 6.03 Å². The molecule has 0 bridgehead atoms. The lowest BCUT2D eigenvalue weighted by molar-refractivity contribution is -0.119. The minimum Gasteiger partial charge on any atom is -0.325 e. The zero-order valence-electron chi connectivity index (χ0n) is 5.70. The number of nitrogens with one attached hydrogen (secondary N) is 2. The second-order valence-electron chi connectivity index (χ2n) is 2.22. The normalized spacial score (nSPS) is 23.6. The molecule has 0 spiro atoms. The Balaban J connectivity index is 2.67. The van der Waals surface area contributed by atoms with Gasteiger partial charge in [0.2, 0.25) is 9.05 Å². The maximum atomic E-state index is 10.7. The van der Waals surface area contributed by atoms with Crippen LogP contribution in [0.3, 0.4) is 0 Å². The van der Waals surface area contributed by atoms with Gasteiger partial charge in [-0.15, -0.1) is 0 Å². The first-order valence-corrected chi connectivity index (χ1v) is 5.40. The fourth-order valence-corrected chi connectivity index (χ4v) is 1.79. The zero-order valence-corrected chi connectivity index (χ0v) is 7.28. The van der Waals surface area contributed by atoms with Gasteiger partial charge < -0.3 is 5.32 Å². The van der Waals surface area contributed by atoms with Crippen molar-refractivity contribution < 1.29 is 18.0 Å². The van der Waals surface area contributed by atoms with Gasteiger partial charge in [0.25, 0.3) is 5.91 Å². The smallest absolute Gasteiger partial charge is 0.322 e. The van der Waals surface area contributed by atoms with E-state index in [9.17, 15) is 18.0 Å². The van der Waals surface area contributed by atoms with E-state index >= 15 is 0 Å². The molecule has 1 atom stereocenters. The quantitative estimate of drug-likeness (QED) is 0.443. The molecule has 3 amide bonds. The van der Waals surface area contributed by atoms with Crippen LogP contribution in [0.25, 0.3) is 0 Å². The summed E-state index contributed by atoms with van der Waals surface area (Å²) in [5.74, 6) is -1.27. The predicted molar refractivity (Wildman–Crippen MR) is 40.1 cm³/mol. The molecule has 1 fully saturated rings. The summed E-state index contributed by atoms with van der Waals surface area (Å²) >= 11 is 0. The third-order valence-electron chi connectivity index (χ3n) is 1.22. The molecule has 0 saturated carbocycles. The van der Waals surface area contributed by atoms with E-state index in [1.807, 2.05) is 5.32 Å². The van der Waals surface area contributed by atoms with Crippen LogP contribution in [0.4, 0.5) is 4.79 Å². The van der Waals surface area contributed by atoms with Crippen LogP contribution in [0.1, 0.15) is 0 Å². The largest absolute Gasteiger partial charge is 0.325 e. The first kappa shape index (κ1) is 9.27. The topological polar surface area (TPSA) is 92.3 Å². The minimum absolute atomic E-state index is 0.591. The number of carbonyl (C=O) groups excluding carboxylic acids is 2. The first-order chi connectivity index (χ1) is 5.38. The molecular weight excluding hydrogens is 208 g/mol. The second kappa shape index (κ2) is 2.91. The third kappa shape index (κ3) is 2.35. The highest BCUT2D eigenvalue weighted by molar-refractivity contribution is 8.13. The Labute approximate surface area is 72.7 Å². The summed E-state index contributed by atoms with van der Waals surface area (Å²) in [7, 11) is 1.10. The van der Waals surface area contributed by atoms with Gasteiger partial charge in [-0.25, -0.2) is 13.2 Å². The third-order valence-corrected chi connectivity index (χ3v) is 2.33. The Kier molecular flexibility index (Phi) is 2.25. The van der Waals surface area contributed by atoms with Crippen LogP contribution in [0, 0.1) is 0 Å². The van der Waals surface area contributed by atoms with Gasteiger partial charge in [0, 0.05) is 10.7 Å². The fourth-order valence-electron chi connectivity index (χ4n) is 0.775. The molecule has 0 aromatic carbocycles. The zero-order chi connectivity index (χ0) is 9.35.